The summed E-state index contributed by atoms with van der Waals surface area (Å²) < 4.78 is 5.39. The summed E-state index contributed by atoms with van der Waals surface area (Å²) in [5.74, 6) is 0.648. The van der Waals surface area contributed by atoms with E-state index in [2.05, 4.69) is 10.1 Å². The molecule has 1 unspecified atom stereocenters. The molecule has 2 fully saturated rings. The highest BCUT2D eigenvalue weighted by atomic mass is 32.1. The van der Waals surface area contributed by atoms with Gasteiger partial charge in [0.25, 0.3) is 5.91 Å². The van der Waals surface area contributed by atoms with Crippen LogP contribution in [0.2, 0.25) is 0 Å². The van der Waals surface area contributed by atoms with Crippen molar-refractivity contribution in [3.63, 3.8) is 0 Å². The summed E-state index contributed by atoms with van der Waals surface area (Å²) in [4.78, 5) is 29.5. The monoisotopic (exact) mass is 363 g/mol. The number of rotatable bonds is 4. The van der Waals surface area contributed by atoms with Gasteiger partial charge in [-0.2, -0.15) is 4.98 Å². The largest absolute Gasteiger partial charge is 0.337 e. The number of nitrogens with two attached hydrogens (primary N) is 1. The Morgan fingerprint density at radius 3 is 2.88 bits per heavy atom. The molecule has 2 aromatic rings. The molecular weight excluding hydrogens is 346 g/mol. The number of carbonyl (C=O) groups excluding carboxylic acids is 1. The van der Waals surface area contributed by atoms with Crippen molar-refractivity contribution in [1.82, 2.24) is 15.0 Å². The van der Waals surface area contributed by atoms with Gasteiger partial charge in [0.15, 0.2) is 5.82 Å². The first-order valence-corrected chi connectivity index (χ1v) is 8.98. The molecule has 0 radical (unpaired) electrons. The lowest BCUT2D eigenvalue weighted by molar-refractivity contribution is -0.380. The maximum atomic E-state index is 12.7. The van der Waals surface area contributed by atoms with E-state index in [-0.39, 0.29) is 17.0 Å². The van der Waals surface area contributed by atoms with Crippen LogP contribution in [0.1, 0.15) is 59.5 Å². The van der Waals surface area contributed by atoms with Gasteiger partial charge in [-0.15, -0.1) is 0 Å². The van der Waals surface area contributed by atoms with Gasteiger partial charge in [0, 0.05) is 12.6 Å². The van der Waals surface area contributed by atoms with Crippen LogP contribution < -0.4 is 5.73 Å². The molecule has 1 saturated carbocycles. The molecule has 1 amide bonds. The third-order valence-electron chi connectivity index (χ3n) is 4.91. The molecule has 10 heteroatoms. The number of aromatic nitrogens is 2. The predicted molar refractivity (Wildman–Crippen MR) is 88.0 cm³/mol. The average molecular weight is 363 g/mol. The topological polar surface area (TPSA) is 128 Å². The van der Waals surface area contributed by atoms with Gasteiger partial charge in [0.1, 0.15) is 6.04 Å². The smallest absolute Gasteiger partial charge is 0.324 e. The van der Waals surface area contributed by atoms with E-state index < -0.39 is 10.5 Å². The van der Waals surface area contributed by atoms with E-state index >= 15 is 0 Å². The first-order chi connectivity index (χ1) is 12.0. The Labute approximate surface area is 147 Å². The summed E-state index contributed by atoms with van der Waals surface area (Å²) >= 11 is 0.878. The van der Waals surface area contributed by atoms with Crippen molar-refractivity contribution >= 4 is 22.2 Å². The zero-order valence-corrected chi connectivity index (χ0v) is 14.2. The van der Waals surface area contributed by atoms with Crippen LogP contribution in [0.15, 0.2) is 16.7 Å². The number of thiophene rings is 1. The molecule has 9 nitrogen and oxygen atoms in total. The van der Waals surface area contributed by atoms with Gasteiger partial charge in [-0.3, -0.25) is 14.9 Å². The quantitative estimate of drug-likeness (QED) is 0.652. The van der Waals surface area contributed by atoms with E-state index in [4.69, 9.17) is 10.3 Å². The molecule has 0 bridgehead atoms. The number of carbonyl (C=O) groups is 1. The van der Waals surface area contributed by atoms with Crippen molar-refractivity contribution in [1.29, 1.82) is 0 Å². The van der Waals surface area contributed by atoms with Crippen LogP contribution in [0.25, 0.3) is 0 Å². The van der Waals surface area contributed by atoms with Gasteiger partial charge in [0.05, 0.1) is 15.3 Å². The Bertz CT molecular complexity index is 828. The summed E-state index contributed by atoms with van der Waals surface area (Å²) in [7, 11) is 0. The number of amides is 1. The molecular formula is C15H17N5O4S. The number of likely N-dealkylation sites (tertiary alicyclic amines) is 1. The zero-order chi connectivity index (χ0) is 17.6. The van der Waals surface area contributed by atoms with Crippen LogP contribution in [-0.4, -0.2) is 32.4 Å². The maximum absolute atomic E-state index is 12.7. The third kappa shape index (κ3) is 2.71. The van der Waals surface area contributed by atoms with Crippen molar-refractivity contribution < 1.29 is 14.2 Å². The molecule has 1 atom stereocenters. The van der Waals surface area contributed by atoms with Crippen molar-refractivity contribution in [2.75, 3.05) is 6.54 Å². The molecule has 4 rings (SSSR count). The molecule has 1 aliphatic carbocycles. The Balaban J connectivity index is 1.55. The van der Waals surface area contributed by atoms with E-state index in [1.807, 2.05) is 0 Å². The highest BCUT2D eigenvalue weighted by Gasteiger charge is 2.41. The number of nitrogens with zero attached hydrogens (tertiary/aromatic N) is 4. The summed E-state index contributed by atoms with van der Waals surface area (Å²) in [6, 6.07) is 2.53. The summed E-state index contributed by atoms with van der Waals surface area (Å²) in [5.41, 5.74) is 5.71. The molecule has 132 valence electrons. The Morgan fingerprint density at radius 1 is 1.44 bits per heavy atom. The van der Waals surface area contributed by atoms with Crippen LogP contribution in [0.5, 0.6) is 0 Å². The minimum absolute atomic E-state index is 0.0470. The summed E-state index contributed by atoms with van der Waals surface area (Å²) in [5, 5.41) is 14.8. The second-order valence-electron chi connectivity index (χ2n) is 6.52. The van der Waals surface area contributed by atoms with Crippen molar-refractivity contribution in [3.05, 3.63) is 38.8 Å². The normalized spacial score (nSPS) is 22.0. The third-order valence-corrected chi connectivity index (χ3v) is 5.94. The number of nitro groups is 1. The van der Waals surface area contributed by atoms with Gasteiger partial charge >= 0.3 is 5.00 Å². The second-order valence-corrected chi connectivity index (χ2v) is 7.58. The van der Waals surface area contributed by atoms with Gasteiger partial charge in [-0.25, -0.2) is 0 Å². The van der Waals surface area contributed by atoms with E-state index in [1.165, 1.54) is 12.1 Å². The fraction of sp³-hybridized carbons (Fsp3) is 0.533. The van der Waals surface area contributed by atoms with E-state index in [0.717, 1.165) is 43.4 Å². The molecule has 2 aromatic heterocycles. The SMILES string of the molecule is NC1(c2noc(C3CCCN3C(=O)c3ccc([N+](=O)[O-])s3)n2)CCC1. The minimum Gasteiger partial charge on any atom is -0.337 e. The van der Waals surface area contributed by atoms with Crippen LogP contribution in [0.3, 0.4) is 0 Å². The summed E-state index contributed by atoms with van der Waals surface area (Å²) in [6.45, 7) is 0.556. The lowest BCUT2D eigenvalue weighted by Gasteiger charge is -2.34. The molecule has 1 aliphatic heterocycles. The van der Waals surface area contributed by atoms with E-state index in [0.29, 0.717) is 23.1 Å². The first-order valence-electron chi connectivity index (χ1n) is 8.16. The average Bonchev–Trinajstić information content (AvgIpc) is 3.30. The van der Waals surface area contributed by atoms with Crippen LogP contribution >= 0.6 is 11.3 Å². The van der Waals surface area contributed by atoms with Gasteiger partial charge in [-0.1, -0.05) is 16.5 Å². The predicted octanol–water partition coefficient (Wildman–Crippen LogP) is 2.35. The zero-order valence-electron chi connectivity index (χ0n) is 13.4. The molecule has 1 saturated heterocycles. The molecule has 0 aromatic carbocycles. The fourth-order valence-corrected chi connectivity index (χ4v) is 4.08. The maximum Gasteiger partial charge on any atom is 0.324 e. The Hall–Kier alpha value is -2.33. The van der Waals surface area contributed by atoms with Gasteiger partial charge in [-0.05, 0) is 38.2 Å². The standard InChI is InChI=1S/C15H17N5O4S/c16-15(6-2-7-15)14-17-12(24-18-14)9-3-1-8-19(9)13(21)10-4-5-11(25-10)20(22)23/h4-5,9H,1-3,6-8,16H2. The Kier molecular flexibility index (Phi) is 3.80. The van der Waals surface area contributed by atoms with Crippen molar-refractivity contribution in [2.45, 2.75) is 43.7 Å². The number of hydrogen-bond donors (Lipinski definition) is 1. The van der Waals surface area contributed by atoms with Crippen LogP contribution in [0.4, 0.5) is 5.00 Å². The van der Waals surface area contributed by atoms with Gasteiger partial charge in [0.2, 0.25) is 5.89 Å². The van der Waals surface area contributed by atoms with Gasteiger partial charge < -0.3 is 15.2 Å². The lowest BCUT2D eigenvalue weighted by Crippen LogP contribution is -2.44. The van der Waals surface area contributed by atoms with Crippen LogP contribution in [0, 0.1) is 10.1 Å². The first kappa shape index (κ1) is 16.2. The number of hydrogen-bond acceptors (Lipinski definition) is 8. The Morgan fingerprint density at radius 2 is 2.24 bits per heavy atom. The molecule has 2 N–H and O–H groups in total. The lowest BCUT2D eigenvalue weighted by atomic mass is 9.77. The minimum atomic E-state index is -0.510. The second kappa shape index (κ2) is 5.88. The van der Waals surface area contributed by atoms with E-state index in [1.54, 1.807) is 4.90 Å². The van der Waals surface area contributed by atoms with Crippen molar-refractivity contribution in [3.8, 4) is 0 Å². The molecule has 25 heavy (non-hydrogen) atoms. The highest BCUT2D eigenvalue weighted by molar-refractivity contribution is 7.17. The molecule has 0 spiro atoms. The summed E-state index contributed by atoms with van der Waals surface area (Å²) in [6.07, 6.45) is 4.25. The highest BCUT2D eigenvalue weighted by Crippen LogP contribution is 2.39. The molecule has 2 aliphatic rings. The molecule has 3 heterocycles. The fourth-order valence-electron chi connectivity index (χ4n) is 3.30. The van der Waals surface area contributed by atoms with E-state index in [9.17, 15) is 14.9 Å². The van der Waals surface area contributed by atoms with Crippen LogP contribution in [-0.2, 0) is 5.54 Å². The van der Waals surface area contributed by atoms with Crippen molar-refractivity contribution in [2.24, 2.45) is 5.73 Å².